The predicted octanol–water partition coefficient (Wildman–Crippen LogP) is 0.434. The van der Waals surface area contributed by atoms with E-state index in [0.717, 1.165) is 0 Å². The molecule has 1 aliphatic rings. The Morgan fingerprint density at radius 2 is 2.56 bits per heavy atom. The molecule has 0 aliphatic carbocycles. The summed E-state index contributed by atoms with van der Waals surface area (Å²) in [7, 11) is 1.71. The van der Waals surface area contributed by atoms with Crippen LogP contribution in [-0.2, 0) is 4.79 Å². The van der Waals surface area contributed by atoms with Gasteiger partial charge < -0.3 is 4.90 Å². The summed E-state index contributed by atoms with van der Waals surface area (Å²) in [6.45, 7) is 0.219. The molecule has 1 rings (SSSR count). The molecule has 0 N–H and O–H groups in total. The maximum atomic E-state index is 11.9. The van der Waals surface area contributed by atoms with Gasteiger partial charge in [-0.2, -0.15) is 0 Å². The van der Waals surface area contributed by atoms with Crippen LogP contribution < -0.4 is 0 Å². The van der Waals surface area contributed by atoms with Crippen molar-refractivity contribution in [3.63, 3.8) is 0 Å². The normalized spacial score (nSPS) is 27.6. The average molecular weight is 131 g/mol. The number of hydrogen-bond donors (Lipinski definition) is 0. The lowest BCUT2D eigenvalue weighted by Crippen LogP contribution is -2.23. The van der Waals surface area contributed by atoms with Crippen LogP contribution in [0.5, 0.6) is 0 Å². The van der Waals surface area contributed by atoms with Crippen molar-refractivity contribution in [3.8, 4) is 0 Å². The van der Waals surface area contributed by atoms with E-state index < -0.39 is 6.67 Å². The second-order valence-corrected chi connectivity index (χ2v) is 2.40. The fourth-order valence-corrected chi connectivity index (χ4v) is 1.04. The fraction of sp³-hybridized carbons (Fsp3) is 0.833. The first-order valence-electron chi connectivity index (χ1n) is 3.06. The molecular weight excluding hydrogens is 121 g/mol. The smallest absolute Gasteiger partial charge is 0.228 e. The Morgan fingerprint density at radius 3 is 2.78 bits per heavy atom. The van der Waals surface area contributed by atoms with E-state index in [1.54, 1.807) is 11.9 Å². The lowest BCUT2D eigenvalue weighted by atomic mass is 10.1. The van der Waals surface area contributed by atoms with Crippen LogP contribution >= 0.6 is 0 Å². The third kappa shape index (κ3) is 1.04. The van der Waals surface area contributed by atoms with E-state index in [-0.39, 0.29) is 11.8 Å². The standard InChI is InChI=1S/C6H10FNO/c1-8-3-2-5(4-7)6(8)9/h5H,2-4H2,1H3. The number of rotatable bonds is 1. The molecule has 1 saturated heterocycles. The van der Waals surface area contributed by atoms with Crippen LogP contribution in [0, 0.1) is 5.92 Å². The zero-order valence-corrected chi connectivity index (χ0v) is 5.43. The van der Waals surface area contributed by atoms with Gasteiger partial charge in [-0.1, -0.05) is 0 Å². The minimum Gasteiger partial charge on any atom is -0.345 e. The van der Waals surface area contributed by atoms with Crippen LogP contribution in [0.3, 0.4) is 0 Å². The Labute approximate surface area is 53.6 Å². The average Bonchev–Trinajstić information content (AvgIpc) is 2.15. The number of hydrogen-bond acceptors (Lipinski definition) is 1. The van der Waals surface area contributed by atoms with Crippen molar-refractivity contribution in [1.29, 1.82) is 0 Å². The third-order valence-corrected chi connectivity index (χ3v) is 1.72. The van der Waals surface area contributed by atoms with Gasteiger partial charge in [0.05, 0.1) is 5.92 Å². The summed E-state index contributed by atoms with van der Waals surface area (Å²) in [5.41, 5.74) is 0. The molecule has 1 fully saturated rings. The van der Waals surface area contributed by atoms with E-state index in [1.807, 2.05) is 0 Å². The first-order chi connectivity index (χ1) is 4.25. The van der Waals surface area contributed by atoms with Gasteiger partial charge in [0, 0.05) is 13.6 Å². The molecule has 1 amide bonds. The minimum atomic E-state index is -0.497. The van der Waals surface area contributed by atoms with E-state index >= 15 is 0 Å². The summed E-state index contributed by atoms with van der Waals surface area (Å²) in [5.74, 6) is -0.382. The Balaban J connectivity index is 2.51. The molecule has 1 unspecified atom stereocenters. The summed E-state index contributed by atoms with van der Waals surface area (Å²) in [6, 6.07) is 0. The maximum Gasteiger partial charge on any atom is 0.228 e. The second-order valence-electron chi connectivity index (χ2n) is 2.40. The van der Waals surface area contributed by atoms with Crippen molar-refractivity contribution in [2.24, 2.45) is 5.92 Å². The lowest BCUT2D eigenvalue weighted by Gasteiger charge is -2.06. The molecule has 3 heteroatoms. The van der Waals surface area contributed by atoms with Gasteiger partial charge >= 0.3 is 0 Å². The highest BCUT2D eigenvalue weighted by molar-refractivity contribution is 5.80. The number of carbonyl (C=O) groups is 1. The van der Waals surface area contributed by atoms with Crippen LogP contribution in [0.2, 0.25) is 0 Å². The van der Waals surface area contributed by atoms with Crippen molar-refractivity contribution < 1.29 is 9.18 Å². The van der Waals surface area contributed by atoms with E-state index in [4.69, 9.17) is 0 Å². The summed E-state index contributed by atoms with van der Waals surface area (Å²) in [4.78, 5) is 12.4. The zero-order chi connectivity index (χ0) is 6.85. The number of nitrogens with zero attached hydrogens (tertiary/aromatic N) is 1. The van der Waals surface area contributed by atoms with E-state index in [9.17, 15) is 9.18 Å². The summed E-state index contributed by atoms with van der Waals surface area (Å²) in [5, 5.41) is 0. The lowest BCUT2D eigenvalue weighted by molar-refractivity contribution is -0.130. The second kappa shape index (κ2) is 2.33. The van der Waals surface area contributed by atoms with Gasteiger partial charge in [0.1, 0.15) is 6.67 Å². The van der Waals surface area contributed by atoms with E-state index in [2.05, 4.69) is 0 Å². The monoisotopic (exact) mass is 131 g/mol. The molecule has 0 saturated carbocycles. The largest absolute Gasteiger partial charge is 0.345 e. The van der Waals surface area contributed by atoms with Gasteiger partial charge in [0.2, 0.25) is 5.91 Å². The molecule has 2 nitrogen and oxygen atoms in total. The highest BCUT2D eigenvalue weighted by Crippen LogP contribution is 2.15. The Bertz CT molecular complexity index is 126. The number of halogens is 1. The van der Waals surface area contributed by atoms with Crippen molar-refractivity contribution in [2.75, 3.05) is 20.3 Å². The number of amides is 1. The summed E-state index contributed by atoms with van der Waals surface area (Å²) >= 11 is 0. The van der Waals surface area contributed by atoms with E-state index in [0.29, 0.717) is 13.0 Å². The molecule has 1 aliphatic heterocycles. The first kappa shape index (κ1) is 6.52. The van der Waals surface area contributed by atoms with Crippen LogP contribution in [-0.4, -0.2) is 31.1 Å². The van der Waals surface area contributed by atoms with Gasteiger partial charge in [0.25, 0.3) is 0 Å². The third-order valence-electron chi connectivity index (χ3n) is 1.72. The van der Waals surface area contributed by atoms with Crippen molar-refractivity contribution in [1.82, 2.24) is 4.90 Å². The molecular formula is C6H10FNO. The van der Waals surface area contributed by atoms with Crippen LogP contribution in [0.4, 0.5) is 4.39 Å². The molecule has 1 heterocycles. The fourth-order valence-electron chi connectivity index (χ4n) is 1.04. The van der Waals surface area contributed by atoms with Crippen molar-refractivity contribution in [3.05, 3.63) is 0 Å². The highest BCUT2D eigenvalue weighted by Gasteiger charge is 2.28. The molecule has 0 aromatic rings. The molecule has 9 heavy (non-hydrogen) atoms. The quantitative estimate of drug-likeness (QED) is 0.505. The maximum absolute atomic E-state index is 11.9. The van der Waals surface area contributed by atoms with Crippen molar-refractivity contribution in [2.45, 2.75) is 6.42 Å². The van der Waals surface area contributed by atoms with Crippen LogP contribution in [0.1, 0.15) is 6.42 Å². The van der Waals surface area contributed by atoms with Gasteiger partial charge in [-0.25, -0.2) is 0 Å². The Kier molecular flexibility index (Phi) is 1.69. The van der Waals surface area contributed by atoms with E-state index in [1.165, 1.54) is 0 Å². The van der Waals surface area contributed by atoms with Gasteiger partial charge in [0.15, 0.2) is 0 Å². The van der Waals surface area contributed by atoms with Crippen LogP contribution in [0.15, 0.2) is 0 Å². The SMILES string of the molecule is CN1CCC(CF)C1=O. The van der Waals surface area contributed by atoms with Crippen molar-refractivity contribution >= 4 is 5.91 Å². The zero-order valence-electron chi connectivity index (χ0n) is 5.43. The molecule has 0 aromatic heterocycles. The number of likely N-dealkylation sites (tertiary alicyclic amines) is 1. The summed E-state index contributed by atoms with van der Waals surface area (Å²) < 4.78 is 11.9. The minimum absolute atomic E-state index is 0.0440. The molecule has 0 aromatic carbocycles. The Hall–Kier alpha value is -0.600. The Morgan fingerprint density at radius 1 is 1.89 bits per heavy atom. The topological polar surface area (TPSA) is 20.3 Å². The molecule has 0 bridgehead atoms. The predicted molar refractivity (Wildman–Crippen MR) is 31.7 cm³/mol. The first-order valence-corrected chi connectivity index (χ1v) is 3.06. The number of alkyl halides is 1. The molecule has 52 valence electrons. The highest BCUT2D eigenvalue weighted by atomic mass is 19.1. The van der Waals surface area contributed by atoms with Gasteiger partial charge in [-0.3, -0.25) is 9.18 Å². The number of carbonyl (C=O) groups excluding carboxylic acids is 1. The molecule has 1 atom stereocenters. The van der Waals surface area contributed by atoms with Gasteiger partial charge in [-0.15, -0.1) is 0 Å². The molecule has 0 spiro atoms. The summed E-state index contributed by atoms with van der Waals surface area (Å²) in [6.07, 6.45) is 0.686. The van der Waals surface area contributed by atoms with Crippen LogP contribution in [0.25, 0.3) is 0 Å². The molecule has 0 radical (unpaired) electrons. The van der Waals surface area contributed by atoms with Gasteiger partial charge in [-0.05, 0) is 6.42 Å².